The third kappa shape index (κ3) is 4.52. The molecule has 0 unspecified atom stereocenters. The Kier molecular flexibility index (Phi) is 6.19. The summed E-state index contributed by atoms with van der Waals surface area (Å²) in [5.74, 6) is 0.966. The van der Waals surface area contributed by atoms with Crippen LogP contribution in [0.3, 0.4) is 0 Å². The van der Waals surface area contributed by atoms with Crippen molar-refractivity contribution < 1.29 is 14.3 Å². The van der Waals surface area contributed by atoms with Crippen molar-refractivity contribution in [2.24, 2.45) is 0 Å². The maximum Gasteiger partial charge on any atom is 0.243 e. The number of rotatable bonds is 7. The van der Waals surface area contributed by atoms with Gasteiger partial charge in [-0.3, -0.25) is 9.59 Å². The summed E-state index contributed by atoms with van der Waals surface area (Å²) >= 11 is 1.51. The summed E-state index contributed by atoms with van der Waals surface area (Å²) in [5.41, 5.74) is 1.79. The molecule has 0 atom stereocenters. The van der Waals surface area contributed by atoms with Crippen LogP contribution in [0.4, 0.5) is 5.69 Å². The van der Waals surface area contributed by atoms with E-state index >= 15 is 0 Å². The normalized spacial score (nSPS) is 13.1. The van der Waals surface area contributed by atoms with Gasteiger partial charge < -0.3 is 14.5 Å². The molecular formula is C21H22N2O3S. The number of benzene rings is 2. The van der Waals surface area contributed by atoms with Crippen LogP contribution in [0.5, 0.6) is 5.75 Å². The Morgan fingerprint density at radius 1 is 1.26 bits per heavy atom. The van der Waals surface area contributed by atoms with Crippen molar-refractivity contribution in [2.75, 3.05) is 30.9 Å². The fourth-order valence-corrected chi connectivity index (χ4v) is 3.86. The first-order valence-corrected chi connectivity index (χ1v) is 9.64. The van der Waals surface area contributed by atoms with E-state index in [4.69, 9.17) is 4.74 Å². The summed E-state index contributed by atoms with van der Waals surface area (Å²) in [6, 6.07) is 15.3. The minimum absolute atomic E-state index is 0.0282. The molecule has 0 aromatic heterocycles. The lowest BCUT2D eigenvalue weighted by Crippen LogP contribution is -2.44. The second-order valence-corrected chi connectivity index (χ2v) is 7.16. The first-order valence-electron chi connectivity index (χ1n) is 8.66. The van der Waals surface area contributed by atoms with Crippen molar-refractivity contribution in [1.82, 2.24) is 4.90 Å². The Morgan fingerprint density at radius 2 is 2.00 bits per heavy atom. The van der Waals surface area contributed by atoms with Crippen LogP contribution in [0.15, 0.2) is 66.1 Å². The predicted octanol–water partition coefficient (Wildman–Crippen LogP) is 3.35. The van der Waals surface area contributed by atoms with Gasteiger partial charge in [-0.15, -0.1) is 18.3 Å². The fraction of sp³-hybridized carbons (Fsp3) is 0.238. The van der Waals surface area contributed by atoms with Gasteiger partial charge in [-0.05, 0) is 29.8 Å². The first-order chi connectivity index (χ1) is 13.1. The van der Waals surface area contributed by atoms with Gasteiger partial charge in [0, 0.05) is 18.0 Å². The van der Waals surface area contributed by atoms with Crippen molar-refractivity contribution in [3.05, 3.63) is 66.7 Å². The summed E-state index contributed by atoms with van der Waals surface area (Å²) in [6.07, 6.45) is 1.70. The molecule has 2 aromatic carbocycles. The molecule has 2 aromatic rings. The molecule has 3 rings (SSSR count). The first kappa shape index (κ1) is 19.0. The lowest BCUT2D eigenvalue weighted by atomic mass is 10.2. The SMILES string of the molecule is C=CCN(Cc1ccc(OC)cc1)C(=O)CN1C(=O)CSc2ccccc21. The number of nitrogens with zero attached hydrogens (tertiary/aromatic N) is 2. The van der Waals surface area contributed by atoms with E-state index in [0.29, 0.717) is 18.8 Å². The summed E-state index contributed by atoms with van der Waals surface area (Å²) in [4.78, 5) is 29.6. The van der Waals surface area contributed by atoms with Crippen molar-refractivity contribution in [2.45, 2.75) is 11.4 Å². The molecule has 1 heterocycles. The summed E-state index contributed by atoms with van der Waals surface area (Å²) in [5, 5.41) is 0. The number of para-hydroxylation sites is 1. The van der Waals surface area contributed by atoms with Crippen molar-refractivity contribution in [3.63, 3.8) is 0 Å². The van der Waals surface area contributed by atoms with E-state index in [1.54, 1.807) is 23.0 Å². The van der Waals surface area contributed by atoms with Gasteiger partial charge in [0.25, 0.3) is 0 Å². The molecule has 0 saturated carbocycles. The quantitative estimate of drug-likeness (QED) is 0.689. The molecule has 0 bridgehead atoms. The van der Waals surface area contributed by atoms with Crippen LogP contribution in [-0.4, -0.2) is 42.7 Å². The molecule has 27 heavy (non-hydrogen) atoms. The molecule has 1 aliphatic rings. The molecule has 1 aliphatic heterocycles. The largest absolute Gasteiger partial charge is 0.497 e. The van der Waals surface area contributed by atoms with E-state index in [2.05, 4.69) is 6.58 Å². The molecule has 140 valence electrons. The molecule has 0 spiro atoms. The maximum atomic E-state index is 12.9. The Bertz CT molecular complexity index is 836. The fourth-order valence-electron chi connectivity index (χ4n) is 2.92. The van der Waals surface area contributed by atoms with Crippen molar-refractivity contribution >= 4 is 29.3 Å². The number of methoxy groups -OCH3 is 1. The minimum atomic E-state index is -0.110. The van der Waals surface area contributed by atoms with Gasteiger partial charge in [-0.2, -0.15) is 0 Å². The zero-order chi connectivity index (χ0) is 19.2. The van der Waals surface area contributed by atoms with Gasteiger partial charge in [-0.25, -0.2) is 0 Å². The van der Waals surface area contributed by atoms with Crippen LogP contribution in [0.2, 0.25) is 0 Å². The lowest BCUT2D eigenvalue weighted by Gasteiger charge is -2.30. The van der Waals surface area contributed by atoms with E-state index in [1.807, 2.05) is 48.5 Å². The van der Waals surface area contributed by atoms with Crippen LogP contribution in [0.25, 0.3) is 0 Å². The Balaban J connectivity index is 1.75. The van der Waals surface area contributed by atoms with E-state index < -0.39 is 0 Å². The number of ether oxygens (including phenoxy) is 1. The standard InChI is InChI=1S/C21H22N2O3S/c1-3-12-22(13-16-8-10-17(26-2)11-9-16)20(24)14-23-18-6-4-5-7-19(18)27-15-21(23)25/h3-11H,1,12-15H2,2H3. The van der Waals surface area contributed by atoms with Gasteiger partial charge in [0.2, 0.25) is 11.8 Å². The number of anilines is 1. The molecule has 6 heteroatoms. The lowest BCUT2D eigenvalue weighted by molar-refractivity contribution is -0.131. The molecule has 0 fully saturated rings. The number of hydrogen-bond donors (Lipinski definition) is 0. The second kappa shape index (κ2) is 8.77. The molecule has 0 saturated heterocycles. The highest BCUT2D eigenvalue weighted by atomic mass is 32.2. The number of fused-ring (bicyclic) bond motifs is 1. The van der Waals surface area contributed by atoms with Crippen molar-refractivity contribution in [1.29, 1.82) is 0 Å². The zero-order valence-electron chi connectivity index (χ0n) is 15.3. The molecular weight excluding hydrogens is 360 g/mol. The Morgan fingerprint density at radius 3 is 2.70 bits per heavy atom. The number of carbonyl (C=O) groups excluding carboxylic acids is 2. The van der Waals surface area contributed by atoms with Crippen LogP contribution in [0.1, 0.15) is 5.56 Å². The highest BCUT2D eigenvalue weighted by Crippen LogP contribution is 2.34. The topological polar surface area (TPSA) is 49.9 Å². The second-order valence-electron chi connectivity index (χ2n) is 6.15. The van der Waals surface area contributed by atoms with E-state index in [1.165, 1.54) is 11.8 Å². The summed E-state index contributed by atoms with van der Waals surface area (Å²) in [7, 11) is 1.62. The smallest absolute Gasteiger partial charge is 0.243 e. The highest BCUT2D eigenvalue weighted by molar-refractivity contribution is 8.00. The number of thioether (sulfide) groups is 1. The van der Waals surface area contributed by atoms with Gasteiger partial charge in [-0.1, -0.05) is 30.3 Å². The predicted molar refractivity (Wildman–Crippen MR) is 108 cm³/mol. The maximum absolute atomic E-state index is 12.9. The summed E-state index contributed by atoms with van der Waals surface area (Å²) < 4.78 is 5.17. The number of carbonyl (C=O) groups is 2. The van der Waals surface area contributed by atoms with Crippen LogP contribution >= 0.6 is 11.8 Å². The number of amides is 2. The van der Waals surface area contributed by atoms with Crippen LogP contribution in [0, 0.1) is 0 Å². The van der Waals surface area contributed by atoms with Crippen LogP contribution < -0.4 is 9.64 Å². The monoisotopic (exact) mass is 382 g/mol. The molecule has 0 aliphatic carbocycles. The van der Waals surface area contributed by atoms with Gasteiger partial charge in [0.1, 0.15) is 12.3 Å². The number of hydrogen-bond acceptors (Lipinski definition) is 4. The third-order valence-corrected chi connectivity index (χ3v) is 5.38. The van der Waals surface area contributed by atoms with Crippen molar-refractivity contribution in [3.8, 4) is 5.75 Å². The average molecular weight is 382 g/mol. The van der Waals surface area contributed by atoms with Gasteiger partial charge in [0.05, 0.1) is 18.6 Å². The molecule has 0 radical (unpaired) electrons. The molecule has 5 nitrogen and oxygen atoms in total. The van der Waals surface area contributed by atoms with E-state index in [-0.39, 0.29) is 18.4 Å². The highest BCUT2D eigenvalue weighted by Gasteiger charge is 2.27. The van der Waals surface area contributed by atoms with E-state index in [9.17, 15) is 9.59 Å². The zero-order valence-corrected chi connectivity index (χ0v) is 16.1. The van der Waals surface area contributed by atoms with Crippen LogP contribution in [-0.2, 0) is 16.1 Å². The summed E-state index contributed by atoms with van der Waals surface area (Å²) in [6.45, 7) is 4.65. The van der Waals surface area contributed by atoms with E-state index in [0.717, 1.165) is 21.9 Å². The third-order valence-electron chi connectivity index (χ3n) is 4.34. The Hall–Kier alpha value is -2.73. The molecule has 2 amide bonds. The minimum Gasteiger partial charge on any atom is -0.497 e. The van der Waals surface area contributed by atoms with Gasteiger partial charge >= 0.3 is 0 Å². The average Bonchev–Trinajstić information content (AvgIpc) is 2.70. The Labute approximate surface area is 163 Å². The molecule has 0 N–H and O–H groups in total. The van der Waals surface area contributed by atoms with Gasteiger partial charge in [0.15, 0.2) is 0 Å².